The SMILES string of the molecule is CC(=O)c1cc(C(F)(F)F)cc(CCl)n1. The topological polar surface area (TPSA) is 30.0 Å². The molecule has 0 saturated carbocycles. The molecule has 1 heterocycles. The summed E-state index contributed by atoms with van der Waals surface area (Å²) in [6.45, 7) is 1.15. The van der Waals surface area contributed by atoms with E-state index in [1.165, 1.54) is 0 Å². The Morgan fingerprint density at radius 2 is 2.07 bits per heavy atom. The molecule has 0 spiro atoms. The van der Waals surface area contributed by atoms with E-state index in [9.17, 15) is 18.0 Å². The zero-order valence-corrected chi connectivity index (χ0v) is 8.49. The summed E-state index contributed by atoms with van der Waals surface area (Å²) in [5.74, 6) is -0.683. The van der Waals surface area contributed by atoms with Crippen LogP contribution in [-0.4, -0.2) is 10.8 Å². The van der Waals surface area contributed by atoms with Crippen molar-refractivity contribution in [3.63, 3.8) is 0 Å². The number of halogens is 4. The molecule has 1 aromatic rings. The lowest BCUT2D eigenvalue weighted by atomic mass is 10.1. The van der Waals surface area contributed by atoms with Crippen LogP contribution in [0.3, 0.4) is 0 Å². The Bertz CT molecular complexity index is 389. The molecular weight excluding hydrogens is 231 g/mol. The van der Waals surface area contributed by atoms with Crippen LogP contribution in [0.25, 0.3) is 0 Å². The molecule has 0 atom stereocenters. The predicted molar refractivity (Wildman–Crippen MR) is 48.8 cm³/mol. The Kier molecular flexibility index (Phi) is 3.34. The highest BCUT2D eigenvalue weighted by molar-refractivity contribution is 6.16. The largest absolute Gasteiger partial charge is 0.416 e. The van der Waals surface area contributed by atoms with E-state index in [0.29, 0.717) is 0 Å². The number of carbonyl (C=O) groups excluding carboxylic acids is 1. The van der Waals surface area contributed by atoms with Crippen LogP contribution < -0.4 is 0 Å². The molecule has 6 heteroatoms. The number of hydrogen-bond donors (Lipinski definition) is 0. The molecule has 0 aliphatic carbocycles. The molecule has 15 heavy (non-hydrogen) atoms. The minimum atomic E-state index is -4.49. The lowest BCUT2D eigenvalue weighted by Gasteiger charge is -2.08. The van der Waals surface area contributed by atoms with Gasteiger partial charge >= 0.3 is 6.18 Å². The average Bonchev–Trinajstić information content (AvgIpc) is 2.15. The van der Waals surface area contributed by atoms with Gasteiger partial charge in [-0.2, -0.15) is 13.2 Å². The minimum absolute atomic E-state index is 0.0386. The fraction of sp³-hybridized carbons (Fsp3) is 0.333. The average molecular weight is 238 g/mol. The summed E-state index contributed by atoms with van der Waals surface area (Å²) in [6.07, 6.45) is -4.49. The second-order valence-electron chi connectivity index (χ2n) is 2.92. The smallest absolute Gasteiger partial charge is 0.293 e. The Morgan fingerprint density at radius 3 is 2.47 bits per heavy atom. The number of ketones is 1. The van der Waals surface area contributed by atoms with Crippen LogP contribution in [0.2, 0.25) is 0 Å². The van der Waals surface area contributed by atoms with Crippen LogP contribution in [0.5, 0.6) is 0 Å². The standard InChI is InChI=1S/C9H7ClF3NO/c1-5(15)8-3-6(9(11,12)13)2-7(4-10)14-8/h2-3H,4H2,1H3. The van der Waals surface area contributed by atoms with Gasteiger partial charge < -0.3 is 0 Å². The second-order valence-corrected chi connectivity index (χ2v) is 3.19. The van der Waals surface area contributed by atoms with Crippen LogP contribution in [0, 0.1) is 0 Å². The van der Waals surface area contributed by atoms with Crippen LogP contribution in [0.15, 0.2) is 12.1 Å². The van der Waals surface area contributed by atoms with E-state index in [1.54, 1.807) is 0 Å². The van der Waals surface area contributed by atoms with Gasteiger partial charge in [-0.1, -0.05) is 0 Å². The minimum Gasteiger partial charge on any atom is -0.293 e. The lowest BCUT2D eigenvalue weighted by molar-refractivity contribution is -0.137. The maximum Gasteiger partial charge on any atom is 0.416 e. The number of nitrogens with zero attached hydrogens (tertiary/aromatic N) is 1. The van der Waals surface area contributed by atoms with Crippen molar-refractivity contribution < 1.29 is 18.0 Å². The third-order valence-corrected chi connectivity index (χ3v) is 1.98. The molecule has 2 nitrogen and oxygen atoms in total. The molecule has 1 aromatic heterocycles. The number of aromatic nitrogens is 1. The van der Waals surface area contributed by atoms with Gasteiger partial charge in [0.15, 0.2) is 5.78 Å². The molecule has 0 N–H and O–H groups in total. The van der Waals surface area contributed by atoms with Gasteiger partial charge in [-0.25, -0.2) is 4.98 Å². The summed E-state index contributed by atoms with van der Waals surface area (Å²) >= 11 is 5.38. The molecule has 1 rings (SSSR count). The van der Waals surface area contributed by atoms with Gasteiger partial charge in [0.25, 0.3) is 0 Å². The molecule has 0 aromatic carbocycles. The summed E-state index contributed by atoms with van der Waals surface area (Å²) in [4.78, 5) is 14.6. The highest BCUT2D eigenvalue weighted by atomic mass is 35.5. The summed E-state index contributed by atoms with van der Waals surface area (Å²) in [5.41, 5.74) is -1.09. The highest BCUT2D eigenvalue weighted by Gasteiger charge is 2.31. The van der Waals surface area contributed by atoms with Gasteiger partial charge in [-0.05, 0) is 12.1 Å². The molecule has 0 radical (unpaired) electrons. The van der Waals surface area contributed by atoms with E-state index in [4.69, 9.17) is 11.6 Å². The van der Waals surface area contributed by atoms with E-state index < -0.39 is 17.5 Å². The Hall–Kier alpha value is -1.10. The van der Waals surface area contributed by atoms with Gasteiger partial charge in [-0.3, -0.25) is 4.79 Å². The third kappa shape index (κ3) is 2.92. The molecule has 0 amide bonds. The summed E-state index contributed by atoms with van der Waals surface area (Å²) < 4.78 is 37.1. The van der Waals surface area contributed by atoms with E-state index in [-0.39, 0.29) is 17.3 Å². The monoisotopic (exact) mass is 237 g/mol. The van der Waals surface area contributed by atoms with Crippen molar-refractivity contribution in [1.29, 1.82) is 0 Å². The first-order valence-corrected chi connectivity index (χ1v) is 4.53. The molecule has 0 saturated heterocycles. The van der Waals surface area contributed by atoms with Crippen molar-refractivity contribution >= 4 is 17.4 Å². The third-order valence-electron chi connectivity index (χ3n) is 1.70. The normalized spacial score (nSPS) is 11.5. The van der Waals surface area contributed by atoms with Crippen molar-refractivity contribution in [3.05, 3.63) is 29.1 Å². The molecule has 0 aliphatic rings. The van der Waals surface area contributed by atoms with Crippen LogP contribution in [-0.2, 0) is 12.1 Å². The Morgan fingerprint density at radius 1 is 1.47 bits per heavy atom. The zero-order valence-electron chi connectivity index (χ0n) is 7.73. The van der Waals surface area contributed by atoms with Gasteiger partial charge in [0.05, 0.1) is 17.1 Å². The van der Waals surface area contributed by atoms with Gasteiger partial charge in [-0.15, -0.1) is 11.6 Å². The number of Topliss-reactive ketones (excluding diaryl/α,β-unsaturated/α-hetero) is 1. The molecule has 0 aliphatic heterocycles. The van der Waals surface area contributed by atoms with E-state index in [2.05, 4.69) is 4.98 Å². The van der Waals surface area contributed by atoms with Crippen molar-refractivity contribution in [2.75, 3.05) is 0 Å². The number of hydrogen-bond acceptors (Lipinski definition) is 2. The van der Waals surface area contributed by atoms with E-state index >= 15 is 0 Å². The number of pyridine rings is 1. The van der Waals surface area contributed by atoms with Gasteiger partial charge in [0, 0.05) is 6.92 Å². The summed E-state index contributed by atoms with van der Waals surface area (Å²) in [5, 5.41) is 0. The van der Waals surface area contributed by atoms with E-state index in [0.717, 1.165) is 19.1 Å². The highest BCUT2D eigenvalue weighted by Crippen LogP contribution is 2.30. The molecule has 0 unspecified atom stereocenters. The first-order chi connectivity index (χ1) is 6.84. The van der Waals surface area contributed by atoms with Crippen molar-refractivity contribution in [1.82, 2.24) is 4.98 Å². The summed E-state index contributed by atoms with van der Waals surface area (Å²) in [6, 6.07) is 1.55. The maximum absolute atomic E-state index is 12.4. The van der Waals surface area contributed by atoms with Gasteiger partial charge in [0.2, 0.25) is 0 Å². The fourth-order valence-corrected chi connectivity index (χ4v) is 1.14. The van der Waals surface area contributed by atoms with Crippen LogP contribution >= 0.6 is 11.6 Å². The fourth-order valence-electron chi connectivity index (χ4n) is 1.00. The number of alkyl halides is 4. The predicted octanol–water partition coefficient (Wildman–Crippen LogP) is 3.04. The quantitative estimate of drug-likeness (QED) is 0.585. The zero-order chi connectivity index (χ0) is 11.6. The van der Waals surface area contributed by atoms with Crippen molar-refractivity contribution in [2.45, 2.75) is 19.0 Å². The first kappa shape index (κ1) is 12.0. The molecule has 0 fully saturated rings. The summed E-state index contributed by atoms with van der Waals surface area (Å²) in [7, 11) is 0. The van der Waals surface area contributed by atoms with E-state index in [1.807, 2.05) is 0 Å². The van der Waals surface area contributed by atoms with Crippen LogP contribution in [0.4, 0.5) is 13.2 Å². The lowest BCUT2D eigenvalue weighted by Crippen LogP contribution is -2.09. The molecule has 82 valence electrons. The van der Waals surface area contributed by atoms with Crippen molar-refractivity contribution in [2.24, 2.45) is 0 Å². The molecular formula is C9H7ClF3NO. The van der Waals surface area contributed by atoms with Crippen LogP contribution in [0.1, 0.15) is 28.7 Å². The first-order valence-electron chi connectivity index (χ1n) is 3.99. The number of carbonyl (C=O) groups is 1. The second kappa shape index (κ2) is 4.18. The Labute approximate surface area is 89.1 Å². The molecule has 0 bridgehead atoms. The van der Waals surface area contributed by atoms with Gasteiger partial charge in [0.1, 0.15) is 5.69 Å². The van der Waals surface area contributed by atoms with Crippen molar-refractivity contribution in [3.8, 4) is 0 Å². The Balaban J connectivity index is 3.30. The number of rotatable bonds is 2. The maximum atomic E-state index is 12.4.